The standard InChI is InChI=1S/C15H23NO3S2/c1-15(2,3)8-9-19-10-11-21(17,18)13-6-4-12(5-7-13)14(16)20/h4-7H,8-11H2,1-3H3,(H2,16,20). The lowest BCUT2D eigenvalue weighted by molar-refractivity contribution is 0.120. The highest BCUT2D eigenvalue weighted by Crippen LogP contribution is 2.18. The molecule has 0 atom stereocenters. The number of nitrogens with two attached hydrogens (primary N) is 1. The molecular weight excluding hydrogens is 306 g/mol. The third-order valence-electron chi connectivity index (χ3n) is 2.99. The molecule has 0 radical (unpaired) electrons. The zero-order valence-electron chi connectivity index (χ0n) is 12.8. The smallest absolute Gasteiger partial charge is 0.180 e. The topological polar surface area (TPSA) is 69.4 Å². The van der Waals surface area contributed by atoms with Crippen LogP contribution in [-0.4, -0.2) is 32.4 Å². The van der Waals surface area contributed by atoms with Gasteiger partial charge in [-0.25, -0.2) is 8.42 Å². The highest BCUT2D eigenvalue weighted by Gasteiger charge is 2.15. The molecule has 0 aromatic heterocycles. The Kier molecular flexibility index (Phi) is 6.31. The van der Waals surface area contributed by atoms with Crippen molar-refractivity contribution in [2.45, 2.75) is 32.1 Å². The van der Waals surface area contributed by atoms with Crippen LogP contribution in [0.25, 0.3) is 0 Å². The quantitative estimate of drug-likeness (QED) is 0.615. The molecule has 0 aliphatic heterocycles. The molecule has 1 rings (SSSR count). The second kappa shape index (κ2) is 7.33. The molecule has 1 aromatic rings. The number of benzene rings is 1. The van der Waals surface area contributed by atoms with Crippen molar-refractivity contribution in [2.75, 3.05) is 19.0 Å². The summed E-state index contributed by atoms with van der Waals surface area (Å²) in [7, 11) is -3.33. The van der Waals surface area contributed by atoms with Crippen molar-refractivity contribution >= 4 is 27.0 Å². The summed E-state index contributed by atoms with van der Waals surface area (Å²) in [4.78, 5) is 0.520. The van der Waals surface area contributed by atoms with Crippen molar-refractivity contribution in [1.82, 2.24) is 0 Å². The zero-order chi connectivity index (χ0) is 16.1. The van der Waals surface area contributed by atoms with Crippen molar-refractivity contribution in [3.8, 4) is 0 Å². The van der Waals surface area contributed by atoms with Crippen molar-refractivity contribution in [2.24, 2.45) is 11.1 Å². The molecule has 2 N–H and O–H groups in total. The number of ether oxygens (including phenoxy) is 1. The van der Waals surface area contributed by atoms with E-state index in [1.807, 2.05) is 0 Å². The largest absolute Gasteiger partial charge is 0.389 e. The van der Waals surface area contributed by atoms with Crippen LogP contribution in [0.1, 0.15) is 32.8 Å². The number of sulfone groups is 1. The van der Waals surface area contributed by atoms with Crippen molar-refractivity contribution < 1.29 is 13.2 Å². The summed E-state index contributed by atoms with van der Waals surface area (Å²) >= 11 is 4.84. The first-order chi connectivity index (χ1) is 9.62. The van der Waals surface area contributed by atoms with Crippen LogP contribution in [0.4, 0.5) is 0 Å². The van der Waals surface area contributed by atoms with Crippen LogP contribution < -0.4 is 5.73 Å². The van der Waals surface area contributed by atoms with Crippen molar-refractivity contribution in [1.29, 1.82) is 0 Å². The molecular formula is C15H23NO3S2. The highest BCUT2D eigenvalue weighted by atomic mass is 32.2. The summed E-state index contributed by atoms with van der Waals surface area (Å²) in [5.41, 5.74) is 6.33. The van der Waals surface area contributed by atoms with Crippen LogP contribution in [0.3, 0.4) is 0 Å². The Morgan fingerprint density at radius 1 is 1.19 bits per heavy atom. The van der Waals surface area contributed by atoms with Crippen LogP contribution in [0.15, 0.2) is 29.2 Å². The molecule has 21 heavy (non-hydrogen) atoms. The van der Waals surface area contributed by atoms with Crippen LogP contribution in [0, 0.1) is 5.41 Å². The molecule has 0 fully saturated rings. The summed E-state index contributed by atoms with van der Waals surface area (Å²) in [5.74, 6) is -0.0242. The molecule has 0 saturated carbocycles. The SMILES string of the molecule is CC(C)(C)CCOCCS(=O)(=O)c1ccc(C(N)=S)cc1. The van der Waals surface area contributed by atoms with Crippen molar-refractivity contribution in [3.05, 3.63) is 29.8 Å². The summed E-state index contributed by atoms with van der Waals surface area (Å²) in [5, 5.41) is 0. The number of rotatable bonds is 7. The van der Waals surface area contributed by atoms with E-state index in [1.165, 1.54) is 12.1 Å². The first kappa shape index (κ1) is 18.1. The van der Waals surface area contributed by atoms with Gasteiger partial charge in [0.2, 0.25) is 0 Å². The molecule has 6 heteroatoms. The van der Waals surface area contributed by atoms with E-state index in [2.05, 4.69) is 20.8 Å². The van der Waals surface area contributed by atoms with Gasteiger partial charge in [-0.3, -0.25) is 0 Å². The van der Waals surface area contributed by atoms with Gasteiger partial charge in [-0.2, -0.15) is 0 Å². The Hall–Kier alpha value is -0.980. The molecule has 0 aliphatic carbocycles. The Bertz CT molecular complexity index is 572. The van der Waals surface area contributed by atoms with Gasteiger partial charge in [0.25, 0.3) is 0 Å². The third kappa shape index (κ3) is 6.54. The Morgan fingerprint density at radius 2 is 1.76 bits per heavy atom. The van der Waals surface area contributed by atoms with Gasteiger partial charge in [0.1, 0.15) is 4.99 Å². The minimum Gasteiger partial charge on any atom is -0.389 e. The first-order valence-corrected chi connectivity index (χ1v) is 8.88. The van der Waals surface area contributed by atoms with Gasteiger partial charge in [0.05, 0.1) is 17.3 Å². The summed E-state index contributed by atoms with van der Waals surface area (Å²) in [6, 6.07) is 6.29. The minimum atomic E-state index is -3.33. The third-order valence-corrected chi connectivity index (χ3v) is 4.92. The van der Waals surface area contributed by atoms with Crippen molar-refractivity contribution in [3.63, 3.8) is 0 Å². The van der Waals surface area contributed by atoms with E-state index in [4.69, 9.17) is 22.7 Å². The maximum Gasteiger partial charge on any atom is 0.180 e. The van der Waals surface area contributed by atoms with E-state index in [1.54, 1.807) is 12.1 Å². The fraction of sp³-hybridized carbons (Fsp3) is 0.533. The molecule has 1 aromatic carbocycles. The summed E-state index contributed by atoms with van der Waals surface area (Å²) < 4.78 is 29.7. The molecule has 0 spiro atoms. The predicted octanol–water partition coefficient (Wildman–Crippen LogP) is 2.55. The number of hydrogen-bond acceptors (Lipinski definition) is 4. The zero-order valence-corrected chi connectivity index (χ0v) is 14.4. The molecule has 0 unspecified atom stereocenters. The average Bonchev–Trinajstić information content (AvgIpc) is 2.37. The van der Waals surface area contributed by atoms with Crippen LogP contribution in [0.2, 0.25) is 0 Å². The van der Waals surface area contributed by atoms with Gasteiger partial charge in [-0.05, 0) is 24.0 Å². The molecule has 4 nitrogen and oxygen atoms in total. The van der Waals surface area contributed by atoms with Crippen LogP contribution >= 0.6 is 12.2 Å². The number of hydrogen-bond donors (Lipinski definition) is 1. The lowest BCUT2D eigenvalue weighted by atomic mass is 9.93. The molecule has 0 bridgehead atoms. The highest BCUT2D eigenvalue weighted by molar-refractivity contribution is 7.91. The predicted molar refractivity (Wildman–Crippen MR) is 89.3 cm³/mol. The van der Waals surface area contributed by atoms with Gasteiger partial charge < -0.3 is 10.5 Å². The average molecular weight is 329 g/mol. The fourth-order valence-corrected chi connectivity index (χ4v) is 2.85. The van der Waals surface area contributed by atoms with E-state index in [0.717, 1.165) is 6.42 Å². The molecule has 0 heterocycles. The Morgan fingerprint density at radius 3 is 2.24 bits per heavy atom. The normalized spacial score (nSPS) is 12.3. The molecule has 0 amide bonds. The molecule has 0 saturated heterocycles. The monoisotopic (exact) mass is 329 g/mol. The van der Waals surface area contributed by atoms with Gasteiger partial charge in [0.15, 0.2) is 9.84 Å². The maximum absolute atomic E-state index is 12.1. The summed E-state index contributed by atoms with van der Waals surface area (Å²) in [6.45, 7) is 7.14. The molecule has 0 aliphatic rings. The minimum absolute atomic E-state index is 0.0242. The Balaban J connectivity index is 2.52. The van der Waals surface area contributed by atoms with Gasteiger partial charge >= 0.3 is 0 Å². The first-order valence-electron chi connectivity index (χ1n) is 6.82. The van der Waals surface area contributed by atoms with Gasteiger partial charge in [-0.15, -0.1) is 0 Å². The van der Waals surface area contributed by atoms with E-state index in [-0.39, 0.29) is 27.7 Å². The van der Waals surface area contributed by atoms with E-state index in [0.29, 0.717) is 12.2 Å². The van der Waals surface area contributed by atoms with Crippen LogP contribution in [-0.2, 0) is 14.6 Å². The lowest BCUT2D eigenvalue weighted by Crippen LogP contribution is -2.16. The van der Waals surface area contributed by atoms with E-state index in [9.17, 15) is 8.42 Å². The van der Waals surface area contributed by atoms with Gasteiger partial charge in [-0.1, -0.05) is 45.1 Å². The second-order valence-electron chi connectivity index (χ2n) is 6.13. The van der Waals surface area contributed by atoms with E-state index < -0.39 is 9.84 Å². The molecule has 118 valence electrons. The number of thiocarbonyl (C=S) groups is 1. The fourth-order valence-electron chi connectivity index (χ4n) is 1.59. The van der Waals surface area contributed by atoms with Crippen LogP contribution in [0.5, 0.6) is 0 Å². The van der Waals surface area contributed by atoms with E-state index >= 15 is 0 Å². The lowest BCUT2D eigenvalue weighted by Gasteiger charge is -2.17. The van der Waals surface area contributed by atoms with Gasteiger partial charge in [0, 0.05) is 12.2 Å². The second-order valence-corrected chi connectivity index (χ2v) is 8.68. The maximum atomic E-state index is 12.1. The summed E-state index contributed by atoms with van der Waals surface area (Å²) in [6.07, 6.45) is 0.899. The Labute approximate surface area is 132 Å².